The molecule has 1 fully saturated rings. The highest BCUT2D eigenvalue weighted by molar-refractivity contribution is 6.29. The minimum Gasteiger partial charge on any atom is -0.462 e. The van der Waals surface area contributed by atoms with Crippen LogP contribution >= 0.6 is 0 Å². The number of amides is 1. The summed E-state index contributed by atoms with van der Waals surface area (Å²) < 4.78 is 10.0. The number of esters is 2. The van der Waals surface area contributed by atoms with Crippen LogP contribution in [0.5, 0.6) is 0 Å². The molecule has 25 heavy (non-hydrogen) atoms. The van der Waals surface area contributed by atoms with Gasteiger partial charge in [0.2, 0.25) is 0 Å². The van der Waals surface area contributed by atoms with Crippen molar-refractivity contribution in [3.8, 4) is 0 Å². The van der Waals surface area contributed by atoms with E-state index in [1.54, 1.807) is 13.8 Å². The second kappa shape index (κ2) is 6.92. The average molecular weight is 345 g/mol. The summed E-state index contributed by atoms with van der Waals surface area (Å²) in [6.07, 6.45) is 4.88. The highest BCUT2D eigenvalue weighted by atomic mass is 16.5. The van der Waals surface area contributed by atoms with Gasteiger partial charge in [-0.25, -0.2) is 15.0 Å². The number of rotatable bonds is 6. The zero-order valence-corrected chi connectivity index (χ0v) is 14.0. The lowest BCUT2D eigenvalue weighted by Crippen LogP contribution is -2.15. The minimum absolute atomic E-state index is 0.0580. The van der Waals surface area contributed by atoms with Crippen molar-refractivity contribution >= 4 is 29.6 Å². The Bertz CT molecular complexity index is 786. The number of aromatic nitrogens is 1. The van der Waals surface area contributed by atoms with E-state index in [0.29, 0.717) is 17.0 Å². The molecule has 0 atom stereocenters. The smallest absolute Gasteiger partial charge is 0.341 e. The van der Waals surface area contributed by atoms with E-state index in [1.165, 1.54) is 12.3 Å². The van der Waals surface area contributed by atoms with Gasteiger partial charge in [-0.3, -0.25) is 4.79 Å². The molecule has 1 aromatic heterocycles. The second-order valence-electron chi connectivity index (χ2n) is 5.70. The molecule has 3 rings (SSSR count). The predicted octanol–water partition coefficient (Wildman–Crippen LogP) is 1.65. The minimum atomic E-state index is -0.651. The Kier molecular flexibility index (Phi) is 4.69. The number of ether oxygens (including phenoxy) is 2. The lowest BCUT2D eigenvalue weighted by atomic mass is 10.0. The van der Waals surface area contributed by atoms with Gasteiger partial charge in [0.1, 0.15) is 0 Å². The van der Waals surface area contributed by atoms with Crippen LogP contribution in [-0.4, -0.2) is 41.8 Å². The third-order valence-corrected chi connectivity index (χ3v) is 3.94. The number of nitrogens with one attached hydrogen (secondary N) is 2. The summed E-state index contributed by atoms with van der Waals surface area (Å²) in [6, 6.07) is 0. The molecule has 2 N–H and O–H groups in total. The van der Waals surface area contributed by atoms with Gasteiger partial charge in [0, 0.05) is 12.1 Å². The lowest BCUT2D eigenvalue weighted by molar-refractivity contribution is -0.116. The molecular formula is C17H19N3O5. The van der Waals surface area contributed by atoms with Gasteiger partial charge in [-0.1, -0.05) is 0 Å². The number of hydrogen-bond acceptors (Lipinski definition) is 6. The first kappa shape index (κ1) is 16.9. The molecule has 8 heteroatoms. The van der Waals surface area contributed by atoms with Crippen molar-refractivity contribution in [3.05, 3.63) is 28.6 Å². The van der Waals surface area contributed by atoms with Gasteiger partial charge in [-0.05, 0) is 32.8 Å². The maximum Gasteiger partial charge on any atom is 0.341 e. The molecule has 8 nitrogen and oxygen atoms in total. The predicted molar refractivity (Wildman–Crippen MR) is 89.0 cm³/mol. The lowest BCUT2D eigenvalue weighted by Gasteiger charge is -2.06. The molecule has 1 amide bonds. The van der Waals surface area contributed by atoms with E-state index in [2.05, 4.69) is 15.5 Å². The molecule has 0 aromatic carbocycles. The molecule has 132 valence electrons. The molecule has 0 spiro atoms. The zero-order valence-electron chi connectivity index (χ0n) is 14.0. The number of H-pyrrole nitrogens is 1. The number of carbonyl (C=O) groups is 3. The van der Waals surface area contributed by atoms with Gasteiger partial charge in [-0.2, -0.15) is 5.10 Å². The van der Waals surface area contributed by atoms with Crippen LogP contribution in [0.15, 0.2) is 16.9 Å². The fourth-order valence-electron chi connectivity index (χ4n) is 2.65. The molecule has 2 aliphatic rings. The average Bonchev–Trinajstić information content (AvgIpc) is 3.23. The topological polar surface area (TPSA) is 110 Å². The normalized spacial score (nSPS) is 18.1. The number of carbonyl (C=O) groups excluding carboxylic acids is 3. The molecular weight excluding hydrogens is 326 g/mol. The van der Waals surface area contributed by atoms with Gasteiger partial charge < -0.3 is 14.5 Å². The van der Waals surface area contributed by atoms with Gasteiger partial charge in [0.25, 0.3) is 5.91 Å². The Morgan fingerprint density at radius 3 is 2.56 bits per heavy atom. The van der Waals surface area contributed by atoms with Crippen molar-refractivity contribution in [2.45, 2.75) is 26.7 Å². The Labute approximate surface area is 144 Å². The summed E-state index contributed by atoms with van der Waals surface area (Å²) in [7, 11) is 0. The largest absolute Gasteiger partial charge is 0.462 e. The molecule has 0 bridgehead atoms. The third kappa shape index (κ3) is 3.33. The number of nitrogens with zero attached hydrogens (tertiary/aromatic N) is 1. The van der Waals surface area contributed by atoms with E-state index in [0.717, 1.165) is 12.8 Å². The van der Waals surface area contributed by atoms with Crippen molar-refractivity contribution in [2.24, 2.45) is 11.0 Å². The standard InChI is InChI=1S/C17H19N3O5/c1-3-24-16(22)11-8-18-12(13(11)17(23)25-4-2)7-10-14(9-5-6-9)19-20-15(10)21/h7-9,18H,3-6H2,1-2H3,(H,20,21)/b10-7+. The first-order valence-electron chi connectivity index (χ1n) is 8.22. The maximum atomic E-state index is 12.3. The number of aromatic amines is 1. The van der Waals surface area contributed by atoms with Crippen molar-refractivity contribution in [3.63, 3.8) is 0 Å². The van der Waals surface area contributed by atoms with Gasteiger partial charge in [-0.15, -0.1) is 0 Å². The van der Waals surface area contributed by atoms with Crippen molar-refractivity contribution in [1.29, 1.82) is 0 Å². The molecule has 0 saturated heterocycles. The van der Waals surface area contributed by atoms with Crippen molar-refractivity contribution in [1.82, 2.24) is 10.4 Å². The first-order chi connectivity index (χ1) is 12.1. The van der Waals surface area contributed by atoms with E-state index in [1.807, 2.05) is 0 Å². The van der Waals surface area contributed by atoms with Crippen LogP contribution in [-0.2, 0) is 14.3 Å². The summed E-state index contributed by atoms with van der Waals surface area (Å²) in [5, 5.41) is 4.07. The van der Waals surface area contributed by atoms with E-state index in [9.17, 15) is 14.4 Å². The maximum absolute atomic E-state index is 12.3. The van der Waals surface area contributed by atoms with Crippen LogP contribution < -0.4 is 5.43 Å². The molecule has 1 aliphatic heterocycles. The highest BCUT2D eigenvalue weighted by Gasteiger charge is 2.36. The monoisotopic (exact) mass is 345 g/mol. The van der Waals surface area contributed by atoms with Crippen LogP contribution in [0.1, 0.15) is 53.1 Å². The molecule has 0 radical (unpaired) electrons. The highest BCUT2D eigenvalue weighted by Crippen LogP contribution is 2.35. The van der Waals surface area contributed by atoms with Gasteiger partial charge in [0.15, 0.2) is 0 Å². The van der Waals surface area contributed by atoms with Crippen LogP contribution in [0.3, 0.4) is 0 Å². The molecule has 1 saturated carbocycles. The fourth-order valence-corrected chi connectivity index (χ4v) is 2.65. The number of hydrazone groups is 1. The Morgan fingerprint density at radius 2 is 1.92 bits per heavy atom. The van der Waals surface area contributed by atoms with E-state index in [-0.39, 0.29) is 36.2 Å². The van der Waals surface area contributed by atoms with Crippen molar-refractivity contribution in [2.75, 3.05) is 13.2 Å². The first-order valence-corrected chi connectivity index (χ1v) is 8.22. The summed E-state index contributed by atoms with van der Waals surface area (Å²) in [5.74, 6) is -1.35. The van der Waals surface area contributed by atoms with E-state index < -0.39 is 11.9 Å². The second-order valence-corrected chi connectivity index (χ2v) is 5.70. The zero-order chi connectivity index (χ0) is 18.0. The summed E-state index contributed by atoms with van der Waals surface area (Å²) in [4.78, 5) is 39.4. The third-order valence-electron chi connectivity index (χ3n) is 3.94. The van der Waals surface area contributed by atoms with Crippen LogP contribution in [0.25, 0.3) is 6.08 Å². The van der Waals surface area contributed by atoms with Crippen LogP contribution in [0, 0.1) is 5.92 Å². The molecule has 0 unspecified atom stereocenters. The van der Waals surface area contributed by atoms with Gasteiger partial charge in [0.05, 0.1) is 41.3 Å². The Morgan fingerprint density at radius 1 is 1.24 bits per heavy atom. The molecule has 2 heterocycles. The Balaban J connectivity index is 2.02. The quantitative estimate of drug-likeness (QED) is 0.602. The molecule has 1 aliphatic carbocycles. The van der Waals surface area contributed by atoms with E-state index >= 15 is 0 Å². The summed E-state index contributed by atoms with van der Waals surface area (Å²) >= 11 is 0. The van der Waals surface area contributed by atoms with E-state index in [4.69, 9.17) is 9.47 Å². The number of hydrogen-bond donors (Lipinski definition) is 2. The SMILES string of the molecule is CCOC(=O)c1c[nH]c(/C=C2/C(=O)NN=C2C2CC2)c1C(=O)OCC. The van der Waals surface area contributed by atoms with Gasteiger partial charge >= 0.3 is 11.9 Å². The van der Waals surface area contributed by atoms with Crippen LogP contribution in [0.4, 0.5) is 0 Å². The van der Waals surface area contributed by atoms with Crippen LogP contribution in [0.2, 0.25) is 0 Å². The Hall–Kier alpha value is -2.90. The molecule has 1 aromatic rings. The van der Waals surface area contributed by atoms with Crippen molar-refractivity contribution < 1.29 is 23.9 Å². The summed E-state index contributed by atoms with van der Waals surface area (Å²) in [6.45, 7) is 3.70. The fraction of sp³-hybridized carbons (Fsp3) is 0.412. The summed E-state index contributed by atoms with van der Waals surface area (Å²) in [5.41, 5.74) is 3.98.